The molecule has 0 saturated heterocycles. The zero-order chi connectivity index (χ0) is 12.8. The smallest absolute Gasteiger partial charge is 0.138 e. The Hall–Kier alpha value is -0.440. The van der Waals surface area contributed by atoms with Gasteiger partial charge in [-0.2, -0.15) is 0 Å². The van der Waals surface area contributed by atoms with Crippen LogP contribution >= 0.6 is 23.2 Å². The minimum absolute atomic E-state index is 0.120. The Morgan fingerprint density at radius 2 is 2.00 bits per heavy atom. The van der Waals surface area contributed by atoms with Crippen molar-refractivity contribution in [2.45, 2.75) is 45.7 Å². The zero-order valence-corrected chi connectivity index (χ0v) is 11.8. The van der Waals surface area contributed by atoms with E-state index in [2.05, 4.69) is 19.2 Å². The van der Waals surface area contributed by atoms with Crippen LogP contribution in [0, 0.1) is 0 Å². The molecule has 2 N–H and O–H groups in total. The molecule has 0 fully saturated rings. The van der Waals surface area contributed by atoms with Gasteiger partial charge in [0.25, 0.3) is 0 Å². The van der Waals surface area contributed by atoms with Crippen LogP contribution in [0.25, 0.3) is 0 Å². The predicted octanol–water partition coefficient (Wildman–Crippen LogP) is 4.37. The minimum Gasteiger partial charge on any atom is -0.506 e. The van der Waals surface area contributed by atoms with Crippen LogP contribution in [0.1, 0.15) is 38.7 Å². The van der Waals surface area contributed by atoms with Crippen LogP contribution in [-0.4, -0.2) is 11.1 Å². The van der Waals surface area contributed by atoms with Crippen LogP contribution in [-0.2, 0) is 6.54 Å². The lowest BCUT2D eigenvalue weighted by molar-refractivity contribution is 0.439. The van der Waals surface area contributed by atoms with Crippen molar-refractivity contribution in [3.05, 3.63) is 27.7 Å². The molecule has 0 aromatic heterocycles. The summed E-state index contributed by atoms with van der Waals surface area (Å²) >= 11 is 11.8. The van der Waals surface area contributed by atoms with Crippen molar-refractivity contribution < 1.29 is 5.11 Å². The van der Waals surface area contributed by atoms with E-state index < -0.39 is 0 Å². The Morgan fingerprint density at radius 1 is 1.29 bits per heavy atom. The Labute approximate surface area is 113 Å². The molecule has 0 amide bonds. The quantitative estimate of drug-likeness (QED) is 0.808. The van der Waals surface area contributed by atoms with Crippen molar-refractivity contribution in [1.29, 1.82) is 0 Å². The Morgan fingerprint density at radius 3 is 2.59 bits per heavy atom. The molecule has 0 aliphatic rings. The highest BCUT2D eigenvalue weighted by atomic mass is 35.5. The largest absolute Gasteiger partial charge is 0.506 e. The molecule has 0 bridgehead atoms. The summed E-state index contributed by atoms with van der Waals surface area (Å²) in [7, 11) is 0. The molecule has 1 atom stereocenters. The molecule has 1 aromatic carbocycles. The van der Waals surface area contributed by atoms with Crippen molar-refractivity contribution in [3.8, 4) is 5.75 Å². The first-order valence-electron chi connectivity index (χ1n) is 5.98. The number of rotatable bonds is 6. The monoisotopic (exact) mass is 275 g/mol. The summed E-state index contributed by atoms with van der Waals surface area (Å²) in [5.74, 6) is 0.120. The van der Waals surface area contributed by atoms with E-state index in [1.165, 1.54) is 0 Å². The van der Waals surface area contributed by atoms with Crippen LogP contribution in [0.2, 0.25) is 10.0 Å². The normalized spacial score (nSPS) is 12.7. The highest BCUT2D eigenvalue weighted by molar-refractivity contribution is 6.35. The Bertz CT molecular complexity index is 369. The van der Waals surface area contributed by atoms with E-state index in [9.17, 15) is 5.11 Å². The lowest BCUT2D eigenvalue weighted by Gasteiger charge is -2.17. The zero-order valence-electron chi connectivity index (χ0n) is 10.3. The molecule has 0 radical (unpaired) electrons. The third-order valence-corrected chi connectivity index (χ3v) is 3.32. The van der Waals surface area contributed by atoms with Gasteiger partial charge in [0.05, 0.1) is 5.02 Å². The molecule has 0 saturated carbocycles. The second-order valence-corrected chi connectivity index (χ2v) is 5.01. The fraction of sp³-hybridized carbons (Fsp3) is 0.538. The first-order chi connectivity index (χ1) is 8.08. The van der Waals surface area contributed by atoms with Gasteiger partial charge < -0.3 is 10.4 Å². The highest BCUT2D eigenvalue weighted by Crippen LogP contribution is 2.31. The first kappa shape index (κ1) is 14.6. The molecule has 2 nitrogen and oxygen atoms in total. The Balaban J connectivity index is 2.68. The number of phenolic OH excluding ortho intramolecular Hbond substituents is 1. The van der Waals surface area contributed by atoms with Crippen LogP contribution < -0.4 is 5.32 Å². The fourth-order valence-corrected chi connectivity index (χ4v) is 2.34. The maximum atomic E-state index is 9.81. The summed E-state index contributed by atoms with van der Waals surface area (Å²) in [5.41, 5.74) is 0.747. The van der Waals surface area contributed by atoms with Crippen molar-refractivity contribution in [2.75, 3.05) is 0 Å². The van der Waals surface area contributed by atoms with Gasteiger partial charge in [0, 0.05) is 23.2 Å². The van der Waals surface area contributed by atoms with Crippen LogP contribution in [0.15, 0.2) is 12.1 Å². The van der Waals surface area contributed by atoms with E-state index in [0.29, 0.717) is 22.6 Å². The molecular weight excluding hydrogens is 257 g/mol. The van der Waals surface area contributed by atoms with Gasteiger partial charge in [0.15, 0.2) is 0 Å². The summed E-state index contributed by atoms with van der Waals surface area (Å²) in [6.07, 6.45) is 3.35. The number of halogens is 2. The molecule has 0 spiro atoms. The highest BCUT2D eigenvalue weighted by Gasteiger charge is 2.10. The second kappa shape index (κ2) is 7.10. The van der Waals surface area contributed by atoms with Crippen LogP contribution in [0.5, 0.6) is 5.75 Å². The van der Waals surface area contributed by atoms with Gasteiger partial charge in [-0.25, -0.2) is 0 Å². The van der Waals surface area contributed by atoms with E-state index in [4.69, 9.17) is 23.2 Å². The second-order valence-electron chi connectivity index (χ2n) is 4.17. The van der Waals surface area contributed by atoms with Crippen molar-refractivity contribution in [3.63, 3.8) is 0 Å². The van der Waals surface area contributed by atoms with Gasteiger partial charge in [-0.3, -0.25) is 0 Å². The first-order valence-corrected chi connectivity index (χ1v) is 6.74. The summed E-state index contributed by atoms with van der Waals surface area (Å²) in [6.45, 7) is 4.90. The third kappa shape index (κ3) is 4.38. The van der Waals surface area contributed by atoms with E-state index >= 15 is 0 Å². The molecular formula is C13H19Cl2NO. The van der Waals surface area contributed by atoms with Crippen molar-refractivity contribution in [2.24, 2.45) is 0 Å². The maximum Gasteiger partial charge on any atom is 0.138 e. The molecule has 1 aromatic rings. The molecule has 96 valence electrons. The van der Waals surface area contributed by atoms with Gasteiger partial charge in [-0.05, 0) is 25.0 Å². The minimum atomic E-state index is 0.120. The van der Waals surface area contributed by atoms with E-state index in [1.54, 1.807) is 12.1 Å². The molecule has 1 unspecified atom stereocenters. The summed E-state index contributed by atoms with van der Waals surface area (Å²) in [6, 6.07) is 3.76. The topological polar surface area (TPSA) is 32.3 Å². The van der Waals surface area contributed by atoms with E-state index in [1.807, 2.05) is 0 Å². The average molecular weight is 276 g/mol. The van der Waals surface area contributed by atoms with E-state index in [-0.39, 0.29) is 5.75 Å². The third-order valence-electron chi connectivity index (χ3n) is 2.82. The van der Waals surface area contributed by atoms with Gasteiger partial charge in [0.1, 0.15) is 5.75 Å². The standard InChI is InChI=1S/C13H19Cl2NO/c1-3-5-11(4-2)16-8-9-6-10(14)7-12(15)13(9)17/h6-7,11,16-17H,3-5,8H2,1-2H3. The predicted molar refractivity (Wildman–Crippen MR) is 74.0 cm³/mol. The molecule has 0 heterocycles. The van der Waals surface area contributed by atoms with Gasteiger partial charge in [-0.1, -0.05) is 43.5 Å². The Kier molecular flexibility index (Phi) is 6.10. The number of hydrogen-bond donors (Lipinski definition) is 2. The number of phenols is 1. The van der Waals surface area contributed by atoms with Gasteiger partial charge in [0.2, 0.25) is 0 Å². The lowest BCUT2D eigenvalue weighted by Crippen LogP contribution is -2.27. The van der Waals surface area contributed by atoms with Crippen molar-refractivity contribution in [1.82, 2.24) is 5.32 Å². The lowest BCUT2D eigenvalue weighted by atomic mass is 10.1. The summed E-state index contributed by atoms with van der Waals surface area (Å²) < 4.78 is 0. The SMILES string of the molecule is CCCC(CC)NCc1cc(Cl)cc(Cl)c1O. The van der Waals surface area contributed by atoms with Crippen LogP contribution in [0.4, 0.5) is 0 Å². The molecule has 17 heavy (non-hydrogen) atoms. The van der Waals surface area contributed by atoms with Gasteiger partial charge >= 0.3 is 0 Å². The number of nitrogens with one attached hydrogen (secondary N) is 1. The number of aromatic hydroxyl groups is 1. The summed E-state index contributed by atoms with van der Waals surface area (Å²) in [5, 5.41) is 14.1. The van der Waals surface area contributed by atoms with Gasteiger partial charge in [-0.15, -0.1) is 0 Å². The number of benzene rings is 1. The van der Waals surface area contributed by atoms with Crippen molar-refractivity contribution >= 4 is 23.2 Å². The fourth-order valence-electron chi connectivity index (χ4n) is 1.81. The molecule has 0 aliphatic carbocycles. The van der Waals surface area contributed by atoms with Crippen LogP contribution in [0.3, 0.4) is 0 Å². The molecule has 0 aliphatic heterocycles. The molecule has 4 heteroatoms. The number of hydrogen-bond acceptors (Lipinski definition) is 2. The summed E-state index contributed by atoms with van der Waals surface area (Å²) in [4.78, 5) is 0. The maximum absolute atomic E-state index is 9.81. The average Bonchev–Trinajstić information content (AvgIpc) is 2.30. The molecule has 1 rings (SSSR count). The van der Waals surface area contributed by atoms with E-state index in [0.717, 1.165) is 24.8 Å².